The number of unbranched alkanes of at least 4 members (excludes halogenated alkanes) is 2. The Hall–Kier alpha value is -1.38. The molecule has 3 heteroatoms. The molecule has 1 atom stereocenters. The fourth-order valence-corrected chi connectivity index (χ4v) is 1.30. The Labute approximate surface area is 97.2 Å². The fourth-order valence-electron chi connectivity index (χ4n) is 1.30. The van der Waals surface area contributed by atoms with Gasteiger partial charge in [-0.3, -0.25) is 9.59 Å². The number of ether oxygens (including phenoxy) is 1. The van der Waals surface area contributed by atoms with Crippen molar-refractivity contribution < 1.29 is 14.3 Å². The van der Waals surface area contributed by atoms with Crippen molar-refractivity contribution in [2.45, 2.75) is 32.6 Å². The first-order valence-corrected chi connectivity index (χ1v) is 5.47. The first-order chi connectivity index (χ1) is 7.63. The highest BCUT2D eigenvalue weighted by atomic mass is 16.5. The average molecular weight is 224 g/mol. The minimum Gasteiger partial charge on any atom is -0.468 e. The molecule has 16 heavy (non-hydrogen) atoms. The lowest BCUT2D eigenvalue weighted by Crippen LogP contribution is -2.22. The van der Waals surface area contributed by atoms with Crippen molar-refractivity contribution >= 4 is 11.8 Å². The highest BCUT2D eigenvalue weighted by molar-refractivity contribution is 5.97. The highest BCUT2D eigenvalue weighted by Gasteiger charge is 2.22. The Morgan fingerprint density at radius 1 is 1.31 bits per heavy atom. The van der Waals surface area contributed by atoms with Gasteiger partial charge in [-0.1, -0.05) is 18.2 Å². The van der Waals surface area contributed by atoms with E-state index in [0.29, 0.717) is 6.42 Å². The molecule has 0 saturated heterocycles. The number of carbonyl (C=O) groups excluding carboxylic acids is 2. The van der Waals surface area contributed by atoms with Crippen molar-refractivity contribution in [3.05, 3.63) is 24.8 Å². The van der Waals surface area contributed by atoms with Gasteiger partial charge < -0.3 is 4.74 Å². The third-order valence-corrected chi connectivity index (χ3v) is 2.29. The van der Waals surface area contributed by atoms with Crippen molar-refractivity contribution in [1.29, 1.82) is 0 Å². The van der Waals surface area contributed by atoms with Crippen LogP contribution in [0.3, 0.4) is 0 Å². The number of allylic oxidation sites excluding steroid dienone is 3. The highest BCUT2D eigenvalue weighted by Crippen LogP contribution is 2.09. The van der Waals surface area contributed by atoms with Gasteiger partial charge >= 0.3 is 5.97 Å². The molecule has 0 aromatic carbocycles. The number of esters is 1. The van der Waals surface area contributed by atoms with Crippen LogP contribution in [0.1, 0.15) is 32.6 Å². The van der Waals surface area contributed by atoms with Gasteiger partial charge in [0.1, 0.15) is 11.7 Å². The van der Waals surface area contributed by atoms with Gasteiger partial charge in [0.2, 0.25) is 0 Å². The molecule has 0 bridgehead atoms. The number of Topliss-reactive ketones (excluding diaryl/α,β-unsaturated/α-hetero) is 1. The van der Waals surface area contributed by atoms with E-state index >= 15 is 0 Å². The van der Waals surface area contributed by atoms with Gasteiger partial charge in [0, 0.05) is 0 Å². The second-order valence-electron chi connectivity index (χ2n) is 3.61. The van der Waals surface area contributed by atoms with E-state index in [2.05, 4.69) is 11.3 Å². The van der Waals surface area contributed by atoms with Crippen molar-refractivity contribution in [1.82, 2.24) is 0 Å². The fraction of sp³-hybridized carbons (Fsp3) is 0.538. The van der Waals surface area contributed by atoms with E-state index in [1.165, 1.54) is 14.0 Å². The normalized spacial score (nSPS) is 12.4. The molecule has 0 heterocycles. The molecule has 0 aromatic rings. The number of rotatable bonds is 8. The van der Waals surface area contributed by atoms with E-state index in [1.807, 2.05) is 18.2 Å². The Morgan fingerprint density at radius 2 is 2.00 bits per heavy atom. The summed E-state index contributed by atoms with van der Waals surface area (Å²) in [6, 6.07) is 0. The monoisotopic (exact) mass is 224 g/mol. The molecule has 0 aromatic heterocycles. The zero-order chi connectivity index (χ0) is 12.4. The topological polar surface area (TPSA) is 43.4 Å². The summed E-state index contributed by atoms with van der Waals surface area (Å²) in [5.74, 6) is -1.26. The summed E-state index contributed by atoms with van der Waals surface area (Å²) in [6.07, 6.45) is 9.13. The number of hydrogen-bond acceptors (Lipinski definition) is 3. The number of ketones is 1. The Balaban J connectivity index is 3.97. The van der Waals surface area contributed by atoms with Crippen molar-refractivity contribution in [2.24, 2.45) is 5.92 Å². The molecule has 0 fully saturated rings. The number of hydrogen-bond donors (Lipinski definition) is 0. The first kappa shape index (κ1) is 14.6. The van der Waals surface area contributed by atoms with Crippen LogP contribution in [0.25, 0.3) is 0 Å². The molecule has 3 nitrogen and oxygen atoms in total. The summed E-state index contributed by atoms with van der Waals surface area (Å²) in [5, 5.41) is 0. The maximum atomic E-state index is 11.2. The molecule has 0 radical (unpaired) electrons. The molecule has 0 aliphatic heterocycles. The minimum atomic E-state index is -0.652. The van der Waals surface area contributed by atoms with Crippen LogP contribution < -0.4 is 0 Å². The summed E-state index contributed by atoms with van der Waals surface area (Å²) < 4.78 is 4.56. The van der Waals surface area contributed by atoms with Gasteiger partial charge in [-0.15, -0.1) is 6.58 Å². The first-order valence-electron chi connectivity index (χ1n) is 5.47. The van der Waals surface area contributed by atoms with Crippen molar-refractivity contribution in [3.63, 3.8) is 0 Å². The molecule has 0 N–H and O–H groups in total. The lowest BCUT2D eigenvalue weighted by atomic mass is 10.0. The molecule has 0 saturated carbocycles. The van der Waals surface area contributed by atoms with Crippen LogP contribution in [0.2, 0.25) is 0 Å². The standard InChI is InChI=1S/C13H20O3/c1-4-5-6-7-8-9-10-12(11(2)14)13(15)16-3/h4,8-9,12H,1,5-7,10H2,2-3H3/b9-8+. The zero-order valence-corrected chi connectivity index (χ0v) is 10.1. The van der Waals surface area contributed by atoms with Crippen LogP contribution in [0, 0.1) is 5.92 Å². The van der Waals surface area contributed by atoms with E-state index in [9.17, 15) is 9.59 Å². The third-order valence-electron chi connectivity index (χ3n) is 2.29. The van der Waals surface area contributed by atoms with Crippen LogP contribution in [0.4, 0.5) is 0 Å². The molecule has 0 spiro atoms. The molecule has 0 aliphatic carbocycles. The molecule has 0 amide bonds. The van der Waals surface area contributed by atoms with E-state index in [-0.39, 0.29) is 5.78 Å². The second-order valence-corrected chi connectivity index (χ2v) is 3.61. The summed E-state index contributed by atoms with van der Waals surface area (Å²) in [6.45, 7) is 5.04. The lowest BCUT2D eigenvalue weighted by Gasteiger charge is -2.07. The van der Waals surface area contributed by atoms with Crippen LogP contribution in [-0.2, 0) is 14.3 Å². The van der Waals surface area contributed by atoms with Gasteiger partial charge in [-0.2, -0.15) is 0 Å². The van der Waals surface area contributed by atoms with Crippen molar-refractivity contribution in [2.75, 3.05) is 7.11 Å². The molecule has 0 aliphatic rings. The Kier molecular flexibility index (Phi) is 8.12. The Morgan fingerprint density at radius 3 is 2.50 bits per heavy atom. The van der Waals surface area contributed by atoms with Gasteiger partial charge in [0.05, 0.1) is 7.11 Å². The summed E-state index contributed by atoms with van der Waals surface area (Å²) in [5.41, 5.74) is 0. The maximum absolute atomic E-state index is 11.2. The summed E-state index contributed by atoms with van der Waals surface area (Å²) in [7, 11) is 1.30. The van der Waals surface area contributed by atoms with Gasteiger partial charge in [-0.25, -0.2) is 0 Å². The third kappa shape index (κ3) is 6.17. The molecular formula is C13H20O3. The van der Waals surface area contributed by atoms with Crippen LogP contribution in [0.15, 0.2) is 24.8 Å². The van der Waals surface area contributed by atoms with E-state index < -0.39 is 11.9 Å². The van der Waals surface area contributed by atoms with Gasteiger partial charge in [0.15, 0.2) is 0 Å². The summed E-state index contributed by atoms with van der Waals surface area (Å²) >= 11 is 0. The quantitative estimate of drug-likeness (QED) is 0.275. The van der Waals surface area contributed by atoms with E-state index in [4.69, 9.17) is 0 Å². The van der Waals surface area contributed by atoms with E-state index in [1.54, 1.807) is 0 Å². The molecule has 0 rings (SSSR count). The van der Waals surface area contributed by atoms with Crippen LogP contribution in [-0.4, -0.2) is 18.9 Å². The maximum Gasteiger partial charge on any atom is 0.316 e. The molecular weight excluding hydrogens is 204 g/mol. The molecule has 90 valence electrons. The SMILES string of the molecule is C=CCCC/C=C/CC(C(C)=O)C(=O)OC. The summed E-state index contributed by atoms with van der Waals surface area (Å²) in [4.78, 5) is 22.4. The lowest BCUT2D eigenvalue weighted by molar-refractivity contribution is -0.148. The van der Waals surface area contributed by atoms with Crippen LogP contribution in [0.5, 0.6) is 0 Å². The smallest absolute Gasteiger partial charge is 0.316 e. The zero-order valence-electron chi connectivity index (χ0n) is 10.1. The number of methoxy groups -OCH3 is 1. The largest absolute Gasteiger partial charge is 0.468 e. The Bertz CT molecular complexity index is 266. The number of carbonyl (C=O) groups is 2. The minimum absolute atomic E-state index is 0.150. The van der Waals surface area contributed by atoms with Gasteiger partial charge in [-0.05, 0) is 32.6 Å². The van der Waals surface area contributed by atoms with E-state index in [0.717, 1.165) is 19.3 Å². The molecule has 1 unspecified atom stereocenters. The average Bonchev–Trinajstić information content (AvgIpc) is 2.26. The second kappa shape index (κ2) is 8.89. The van der Waals surface area contributed by atoms with Gasteiger partial charge in [0.25, 0.3) is 0 Å². The van der Waals surface area contributed by atoms with Crippen molar-refractivity contribution in [3.8, 4) is 0 Å². The predicted molar refractivity (Wildman–Crippen MR) is 64.0 cm³/mol. The van der Waals surface area contributed by atoms with Crippen LogP contribution >= 0.6 is 0 Å². The predicted octanol–water partition coefficient (Wildman–Crippen LogP) is 2.67.